The van der Waals surface area contributed by atoms with Gasteiger partial charge < -0.3 is 16.0 Å². The lowest BCUT2D eigenvalue weighted by Gasteiger charge is -2.45. The third-order valence-corrected chi connectivity index (χ3v) is 6.33. The van der Waals surface area contributed by atoms with Gasteiger partial charge in [-0.3, -0.25) is 4.79 Å². The second kappa shape index (κ2) is 10.9. The summed E-state index contributed by atoms with van der Waals surface area (Å²) in [5, 5.41) is 2.54. The van der Waals surface area contributed by atoms with Crippen LogP contribution in [0.1, 0.15) is 60.7 Å². The summed E-state index contributed by atoms with van der Waals surface area (Å²) in [7, 11) is 0. The van der Waals surface area contributed by atoms with Gasteiger partial charge in [0.25, 0.3) is 5.91 Å². The zero-order valence-corrected chi connectivity index (χ0v) is 21.7. The molecule has 39 heavy (non-hydrogen) atoms. The van der Waals surface area contributed by atoms with E-state index in [4.69, 9.17) is 5.73 Å². The van der Waals surface area contributed by atoms with Crippen LogP contribution >= 0.6 is 0 Å². The molecule has 203 valence electrons. The molecule has 1 radical (unpaired) electrons. The molecular weight excluding hydrogens is 510 g/mol. The minimum absolute atomic E-state index is 0.0470. The van der Waals surface area contributed by atoms with E-state index in [1.54, 1.807) is 0 Å². The van der Waals surface area contributed by atoms with Crippen molar-refractivity contribution in [3.05, 3.63) is 83.3 Å². The van der Waals surface area contributed by atoms with E-state index in [-0.39, 0.29) is 28.7 Å². The Morgan fingerprint density at radius 3 is 2.41 bits per heavy atom. The third-order valence-electron chi connectivity index (χ3n) is 6.33. The van der Waals surface area contributed by atoms with Gasteiger partial charge in [0.15, 0.2) is 0 Å². The Bertz CT molecular complexity index is 1420. The number of hydrogen-bond donors (Lipinski definition) is 2. The normalized spacial score (nSPS) is 15.9. The highest BCUT2D eigenvalue weighted by molar-refractivity contribution is 6.06. The first-order valence-corrected chi connectivity index (χ1v) is 12.3. The monoisotopic (exact) mass is 538 g/mol. The van der Waals surface area contributed by atoms with Crippen molar-refractivity contribution in [3.8, 4) is 11.8 Å². The number of carbonyl (C=O) groups is 1. The number of aromatic nitrogens is 2. The van der Waals surface area contributed by atoms with E-state index in [0.29, 0.717) is 23.4 Å². The van der Waals surface area contributed by atoms with E-state index >= 15 is 0 Å². The molecule has 2 heterocycles. The van der Waals surface area contributed by atoms with Gasteiger partial charge in [-0.2, -0.15) is 13.2 Å². The summed E-state index contributed by atoms with van der Waals surface area (Å²) in [5.41, 5.74) is 5.16. The molecule has 0 bridgehead atoms. The highest BCUT2D eigenvalue weighted by Gasteiger charge is 2.36. The van der Waals surface area contributed by atoms with Gasteiger partial charge in [-0.15, -0.1) is 0 Å². The fraction of sp³-hybridized carbons (Fsp3) is 0.310. The zero-order chi connectivity index (χ0) is 28.4. The number of piperidine rings is 1. The maximum Gasteiger partial charge on any atom is 0.416 e. The van der Waals surface area contributed by atoms with E-state index in [1.807, 2.05) is 25.7 Å². The summed E-state index contributed by atoms with van der Waals surface area (Å²) in [4.78, 5) is 22.9. The van der Waals surface area contributed by atoms with E-state index in [2.05, 4.69) is 33.5 Å². The van der Waals surface area contributed by atoms with Gasteiger partial charge in [0, 0.05) is 30.5 Å². The highest BCUT2D eigenvalue weighted by Crippen LogP contribution is 2.41. The number of nitrogens with one attached hydrogen (secondary N) is 1. The summed E-state index contributed by atoms with van der Waals surface area (Å²) in [6, 6.07) is 6.90. The van der Waals surface area contributed by atoms with Crippen LogP contribution in [0.5, 0.6) is 0 Å². The molecule has 3 N–H and O–H groups in total. The number of benzene rings is 2. The smallest absolute Gasteiger partial charge is 0.368 e. The van der Waals surface area contributed by atoms with Gasteiger partial charge in [0.2, 0.25) is 5.95 Å². The third kappa shape index (κ3) is 6.66. The van der Waals surface area contributed by atoms with Gasteiger partial charge in [0.1, 0.15) is 5.82 Å². The zero-order valence-electron chi connectivity index (χ0n) is 21.7. The topological polar surface area (TPSA) is 84.1 Å². The molecule has 1 aliphatic rings. The summed E-state index contributed by atoms with van der Waals surface area (Å²) in [5.74, 6) is 3.97. The largest absolute Gasteiger partial charge is 0.416 e. The van der Waals surface area contributed by atoms with Gasteiger partial charge >= 0.3 is 6.18 Å². The maximum absolute atomic E-state index is 14.7. The molecule has 1 fully saturated rings. The molecule has 1 amide bonds. The average molecular weight is 539 g/mol. The fourth-order valence-corrected chi connectivity index (χ4v) is 4.47. The molecule has 2 aromatic carbocycles. The van der Waals surface area contributed by atoms with Crippen LogP contribution in [0, 0.1) is 29.5 Å². The van der Waals surface area contributed by atoms with Crippen LogP contribution in [-0.4, -0.2) is 28.5 Å². The van der Waals surface area contributed by atoms with Gasteiger partial charge in [-0.05, 0) is 61.1 Å². The number of amides is 1. The fourth-order valence-electron chi connectivity index (χ4n) is 4.47. The van der Waals surface area contributed by atoms with Crippen molar-refractivity contribution in [1.29, 1.82) is 0 Å². The molecular formula is C29H28F4N5O. The lowest BCUT2D eigenvalue weighted by molar-refractivity contribution is -0.137. The summed E-state index contributed by atoms with van der Waals surface area (Å²) in [6.45, 7) is 6.74. The second-order valence-corrected chi connectivity index (χ2v) is 10.3. The standard InChI is InChI=1S/C29H28F4N5O/c1-28(2,3)25-6-4-5-13-38(25)24-12-10-20(29(31,32)33)15-23(24)37-26(39)21-14-18(9-11-22(21)30)7-8-19-16-35-27(34)36-17-19/h6,9-12,14-17,25H,4-5,13H2,1-3H3,(H,37,39)(H2,34,35,36)/t25-/m0/s1. The van der Waals surface area contributed by atoms with Crippen LogP contribution in [0.15, 0.2) is 48.8 Å². The molecule has 3 aromatic rings. The number of hydrogen-bond acceptors (Lipinski definition) is 5. The lowest BCUT2D eigenvalue weighted by atomic mass is 9.80. The second-order valence-electron chi connectivity index (χ2n) is 10.3. The average Bonchev–Trinajstić information content (AvgIpc) is 2.88. The number of anilines is 3. The predicted molar refractivity (Wildman–Crippen MR) is 142 cm³/mol. The number of rotatable bonds is 3. The first-order chi connectivity index (χ1) is 18.3. The molecule has 4 rings (SSSR count). The van der Waals surface area contributed by atoms with Crippen LogP contribution in [-0.2, 0) is 6.18 Å². The molecule has 0 unspecified atom stereocenters. The van der Waals surface area contributed by atoms with Crippen molar-refractivity contribution in [2.75, 3.05) is 22.5 Å². The predicted octanol–water partition coefficient (Wildman–Crippen LogP) is 6.09. The number of nitrogen functional groups attached to an aromatic ring is 1. The van der Waals surface area contributed by atoms with Crippen molar-refractivity contribution >= 4 is 23.2 Å². The van der Waals surface area contributed by atoms with Gasteiger partial charge in [-0.1, -0.05) is 32.6 Å². The molecule has 0 spiro atoms. The highest BCUT2D eigenvalue weighted by atomic mass is 19.4. The first kappa shape index (κ1) is 27.9. The van der Waals surface area contributed by atoms with Gasteiger partial charge in [0.05, 0.1) is 28.1 Å². The SMILES string of the molecule is CC(C)(C)[C@@H]1[CH]CCCN1c1ccc(C(F)(F)F)cc1NC(=O)c1cc(C#Cc2cnc(N)nc2)ccc1F. The molecule has 1 aromatic heterocycles. The number of alkyl halides is 3. The Labute approximate surface area is 224 Å². The summed E-state index contributed by atoms with van der Waals surface area (Å²) >= 11 is 0. The van der Waals surface area contributed by atoms with E-state index in [9.17, 15) is 22.4 Å². The van der Waals surface area contributed by atoms with Crippen molar-refractivity contribution in [2.45, 2.75) is 45.8 Å². The van der Waals surface area contributed by atoms with Crippen LogP contribution in [0.25, 0.3) is 0 Å². The number of halogens is 4. The van der Waals surface area contributed by atoms with Crippen molar-refractivity contribution in [2.24, 2.45) is 5.41 Å². The number of nitrogens with zero attached hydrogens (tertiary/aromatic N) is 3. The summed E-state index contributed by atoms with van der Waals surface area (Å²) in [6.07, 6.45) is 2.05. The van der Waals surface area contributed by atoms with Crippen LogP contribution < -0.4 is 16.0 Å². The Morgan fingerprint density at radius 2 is 1.74 bits per heavy atom. The molecule has 10 heteroatoms. The van der Waals surface area contributed by atoms with Crippen molar-refractivity contribution in [3.63, 3.8) is 0 Å². The van der Waals surface area contributed by atoms with Crippen molar-refractivity contribution < 1.29 is 22.4 Å². The molecule has 1 saturated heterocycles. The Hall–Kier alpha value is -4.13. The van der Waals surface area contributed by atoms with Crippen LogP contribution in [0.3, 0.4) is 0 Å². The molecule has 0 saturated carbocycles. The Kier molecular flexibility index (Phi) is 7.82. The van der Waals surface area contributed by atoms with Crippen LogP contribution in [0.4, 0.5) is 34.9 Å². The molecule has 1 aliphatic heterocycles. The van der Waals surface area contributed by atoms with Crippen LogP contribution in [0.2, 0.25) is 0 Å². The minimum atomic E-state index is -4.62. The first-order valence-electron chi connectivity index (χ1n) is 12.3. The Balaban J connectivity index is 1.69. The Morgan fingerprint density at radius 1 is 1.05 bits per heavy atom. The molecule has 6 nitrogen and oxygen atoms in total. The molecule has 0 aliphatic carbocycles. The van der Waals surface area contributed by atoms with E-state index in [1.165, 1.54) is 30.6 Å². The lowest BCUT2D eigenvalue weighted by Crippen LogP contribution is -2.48. The van der Waals surface area contributed by atoms with E-state index in [0.717, 1.165) is 31.0 Å². The van der Waals surface area contributed by atoms with E-state index < -0.39 is 23.5 Å². The van der Waals surface area contributed by atoms with Crippen molar-refractivity contribution in [1.82, 2.24) is 9.97 Å². The number of nitrogens with two attached hydrogens (primary N) is 1. The number of carbonyl (C=O) groups excluding carboxylic acids is 1. The summed E-state index contributed by atoms with van der Waals surface area (Å²) < 4.78 is 55.6. The quantitative estimate of drug-likeness (QED) is 0.312. The molecule has 1 atom stereocenters. The minimum Gasteiger partial charge on any atom is -0.368 e. The van der Waals surface area contributed by atoms with Gasteiger partial charge in [-0.25, -0.2) is 14.4 Å². The maximum atomic E-state index is 14.7.